The zero-order valence-corrected chi connectivity index (χ0v) is 18.6. The molecule has 30 heavy (non-hydrogen) atoms. The lowest BCUT2D eigenvalue weighted by Crippen LogP contribution is -2.55. The zero-order valence-electron chi connectivity index (χ0n) is 17.0. The normalized spacial score (nSPS) is 28.9. The lowest BCUT2D eigenvalue weighted by Gasteiger charge is -2.38. The highest BCUT2D eigenvalue weighted by molar-refractivity contribution is 7.89. The molecule has 3 fully saturated rings. The van der Waals surface area contributed by atoms with E-state index in [2.05, 4.69) is 5.32 Å². The molecule has 2 saturated heterocycles. The van der Waals surface area contributed by atoms with E-state index < -0.39 is 15.6 Å². The van der Waals surface area contributed by atoms with Gasteiger partial charge in [-0.3, -0.25) is 9.69 Å². The van der Waals surface area contributed by atoms with Crippen LogP contribution in [0, 0.1) is 5.92 Å². The van der Waals surface area contributed by atoms with E-state index in [0.717, 1.165) is 19.3 Å². The van der Waals surface area contributed by atoms with Gasteiger partial charge in [-0.05, 0) is 30.9 Å². The van der Waals surface area contributed by atoms with E-state index in [1.54, 1.807) is 18.2 Å². The molecule has 0 aromatic heterocycles. The molecule has 3 aliphatic rings. The molecule has 4 rings (SSSR count). The number of nitrogens with one attached hydrogen (secondary N) is 1. The van der Waals surface area contributed by atoms with Gasteiger partial charge in [-0.25, -0.2) is 18.1 Å². The van der Waals surface area contributed by atoms with E-state index in [1.165, 1.54) is 15.3 Å². The molecule has 1 spiro atoms. The van der Waals surface area contributed by atoms with E-state index in [-0.39, 0.29) is 47.5 Å². The number of hydrogen-bond donors (Lipinski definition) is 1. The summed E-state index contributed by atoms with van der Waals surface area (Å²) in [5, 5.41) is 3.16. The number of urea groups is 1. The molecule has 1 saturated carbocycles. The Morgan fingerprint density at radius 1 is 1.13 bits per heavy atom. The summed E-state index contributed by atoms with van der Waals surface area (Å²) in [7, 11) is -3.68. The van der Waals surface area contributed by atoms with Crippen LogP contribution in [-0.2, 0) is 14.8 Å². The van der Waals surface area contributed by atoms with Crippen LogP contribution >= 0.6 is 11.6 Å². The van der Waals surface area contributed by atoms with Crippen molar-refractivity contribution >= 4 is 33.6 Å². The van der Waals surface area contributed by atoms with Crippen molar-refractivity contribution in [3.8, 4) is 0 Å². The first kappa shape index (κ1) is 21.5. The van der Waals surface area contributed by atoms with Crippen molar-refractivity contribution in [2.75, 3.05) is 32.8 Å². The monoisotopic (exact) mass is 454 g/mol. The van der Waals surface area contributed by atoms with Crippen LogP contribution in [0.15, 0.2) is 29.2 Å². The molecule has 2 atom stereocenters. The molecule has 164 valence electrons. The quantitative estimate of drug-likeness (QED) is 0.703. The lowest BCUT2D eigenvalue weighted by molar-refractivity contribution is -0.135. The number of piperazine rings is 1. The molecule has 1 N–H and O–H groups in total. The molecular formula is C20H27ClN4O4S. The van der Waals surface area contributed by atoms with Gasteiger partial charge in [0.1, 0.15) is 10.4 Å². The number of carbonyl (C=O) groups is 2. The van der Waals surface area contributed by atoms with Gasteiger partial charge in [0.2, 0.25) is 10.0 Å². The molecule has 0 unspecified atom stereocenters. The van der Waals surface area contributed by atoms with Crippen LogP contribution in [0.1, 0.15) is 32.6 Å². The van der Waals surface area contributed by atoms with Gasteiger partial charge in [0.15, 0.2) is 0 Å². The maximum Gasteiger partial charge on any atom is 0.326 e. The molecule has 2 heterocycles. The van der Waals surface area contributed by atoms with E-state index in [4.69, 9.17) is 11.6 Å². The molecule has 1 aliphatic carbocycles. The number of rotatable bonds is 4. The third-order valence-electron chi connectivity index (χ3n) is 6.63. The maximum absolute atomic E-state index is 13.1. The minimum atomic E-state index is -3.68. The van der Waals surface area contributed by atoms with Gasteiger partial charge < -0.3 is 5.32 Å². The Morgan fingerprint density at radius 3 is 2.50 bits per heavy atom. The van der Waals surface area contributed by atoms with Crippen LogP contribution < -0.4 is 5.32 Å². The van der Waals surface area contributed by atoms with Crippen LogP contribution in [0.5, 0.6) is 0 Å². The molecular weight excluding hydrogens is 428 g/mol. The van der Waals surface area contributed by atoms with Crippen LogP contribution in [-0.4, -0.2) is 72.8 Å². The standard InChI is InChI=1S/C20H27ClN4O4S/c1-15-6-4-5-9-20(15)18(26)25(19(27)22-20)14-23-10-12-24(13-11-23)30(28,29)17-8-3-2-7-16(17)21/h2-3,7-8,15H,4-6,9-14H2,1H3,(H,22,27)/t15-,20+/m0/s1. The van der Waals surface area contributed by atoms with Crippen molar-refractivity contribution in [3.63, 3.8) is 0 Å². The first-order valence-corrected chi connectivity index (χ1v) is 12.2. The highest BCUT2D eigenvalue weighted by Gasteiger charge is 2.55. The summed E-state index contributed by atoms with van der Waals surface area (Å²) >= 11 is 6.08. The summed E-state index contributed by atoms with van der Waals surface area (Å²) in [5.41, 5.74) is -0.773. The first-order valence-electron chi connectivity index (χ1n) is 10.4. The summed E-state index contributed by atoms with van der Waals surface area (Å²) in [6, 6.07) is 6.05. The van der Waals surface area contributed by atoms with Crippen LogP contribution in [0.25, 0.3) is 0 Å². The molecule has 8 nitrogen and oxygen atoms in total. The summed E-state index contributed by atoms with van der Waals surface area (Å²) in [4.78, 5) is 29.0. The molecule has 2 aliphatic heterocycles. The van der Waals surface area contributed by atoms with E-state index in [0.29, 0.717) is 19.5 Å². The summed E-state index contributed by atoms with van der Waals surface area (Å²) in [6.07, 6.45) is 3.62. The van der Waals surface area contributed by atoms with Gasteiger partial charge in [-0.1, -0.05) is 43.5 Å². The summed E-state index contributed by atoms with van der Waals surface area (Å²) in [5.74, 6) is -0.0314. The number of imide groups is 1. The van der Waals surface area contributed by atoms with Crippen molar-refractivity contribution < 1.29 is 18.0 Å². The van der Waals surface area contributed by atoms with Crippen LogP contribution in [0.4, 0.5) is 4.79 Å². The van der Waals surface area contributed by atoms with Gasteiger partial charge in [0.05, 0.1) is 11.7 Å². The van der Waals surface area contributed by atoms with Gasteiger partial charge in [-0.2, -0.15) is 4.31 Å². The van der Waals surface area contributed by atoms with E-state index in [9.17, 15) is 18.0 Å². The third-order valence-corrected chi connectivity index (χ3v) is 9.03. The Hall–Kier alpha value is -1.68. The number of nitrogens with zero attached hydrogens (tertiary/aromatic N) is 3. The molecule has 0 radical (unpaired) electrons. The van der Waals surface area contributed by atoms with Crippen molar-refractivity contribution in [1.29, 1.82) is 0 Å². The summed E-state index contributed by atoms with van der Waals surface area (Å²) < 4.78 is 27.2. The molecule has 1 aromatic carbocycles. The van der Waals surface area contributed by atoms with Gasteiger partial charge in [0, 0.05) is 26.2 Å². The largest absolute Gasteiger partial charge is 0.326 e. The number of carbonyl (C=O) groups excluding carboxylic acids is 2. The SMILES string of the molecule is C[C@H]1CCCC[C@@]12NC(=O)N(CN1CCN(S(=O)(=O)c3ccccc3Cl)CC1)C2=O. The Morgan fingerprint density at radius 2 is 1.83 bits per heavy atom. The molecule has 1 aromatic rings. The van der Waals surface area contributed by atoms with Crippen molar-refractivity contribution in [2.45, 2.75) is 43.0 Å². The average Bonchev–Trinajstić information content (AvgIpc) is 2.96. The van der Waals surface area contributed by atoms with Gasteiger partial charge >= 0.3 is 6.03 Å². The zero-order chi connectivity index (χ0) is 21.5. The second kappa shape index (κ2) is 8.11. The van der Waals surface area contributed by atoms with Crippen LogP contribution in [0.2, 0.25) is 5.02 Å². The van der Waals surface area contributed by atoms with Crippen molar-refractivity contribution in [3.05, 3.63) is 29.3 Å². The molecule has 10 heteroatoms. The number of halogens is 1. The Kier molecular flexibility index (Phi) is 5.82. The Labute approximate surface area is 182 Å². The topological polar surface area (TPSA) is 90.0 Å². The number of sulfonamides is 1. The number of amides is 3. The fourth-order valence-corrected chi connectivity index (χ4v) is 6.64. The summed E-state index contributed by atoms with van der Waals surface area (Å²) in [6.45, 7) is 3.63. The van der Waals surface area contributed by atoms with Gasteiger partial charge in [0.25, 0.3) is 5.91 Å². The van der Waals surface area contributed by atoms with Gasteiger partial charge in [-0.15, -0.1) is 0 Å². The minimum absolute atomic E-state index is 0.0995. The number of benzene rings is 1. The smallest absolute Gasteiger partial charge is 0.323 e. The Balaban J connectivity index is 1.40. The maximum atomic E-state index is 13.1. The predicted molar refractivity (Wildman–Crippen MR) is 112 cm³/mol. The van der Waals surface area contributed by atoms with Crippen molar-refractivity contribution in [1.82, 2.24) is 19.4 Å². The van der Waals surface area contributed by atoms with Crippen molar-refractivity contribution in [2.24, 2.45) is 5.92 Å². The third kappa shape index (κ3) is 3.62. The second-order valence-corrected chi connectivity index (χ2v) is 10.7. The second-order valence-electron chi connectivity index (χ2n) is 8.38. The van der Waals surface area contributed by atoms with E-state index >= 15 is 0 Å². The lowest BCUT2D eigenvalue weighted by atomic mass is 9.73. The fraction of sp³-hybridized carbons (Fsp3) is 0.600. The van der Waals surface area contributed by atoms with E-state index in [1.807, 2.05) is 11.8 Å². The average molecular weight is 455 g/mol. The predicted octanol–water partition coefficient (Wildman–Crippen LogP) is 2.10. The Bertz CT molecular complexity index is 948. The number of hydrogen-bond acceptors (Lipinski definition) is 5. The molecule has 0 bridgehead atoms. The highest BCUT2D eigenvalue weighted by Crippen LogP contribution is 2.38. The first-order chi connectivity index (χ1) is 14.3. The minimum Gasteiger partial charge on any atom is -0.323 e. The molecule has 3 amide bonds. The van der Waals surface area contributed by atoms with Crippen LogP contribution in [0.3, 0.4) is 0 Å². The fourth-order valence-electron chi connectivity index (χ4n) is 4.73. The highest BCUT2D eigenvalue weighted by atomic mass is 35.5.